The maximum Gasteiger partial charge on any atom is 0.246 e. The summed E-state index contributed by atoms with van der Waals surface area (Å²) in [7, 11) is 0. The van der Waals surface area contributed by atoms with Crippen molar-refractivity contribution in [3.63, 3.8) is 0 Å². The molecule has 2 saturated carbocycles. The molecule has 7 aromatic rings. The molecule has 64 heavy (non-hydrogen) atoms. The molecule has 0 spiro atoms. The first-order valence-corrected chi connectivity index (χ1v) is 22.9. The van der Waals surface area contributed by atoms with Crippen LogP contribution >= 0.6 is 0 Å². The molecule has 326 valence electrons. The summed E-state index contributed by atoms with van der Waals surface area (Å²) < 4.78 is 0. The molecule has 0 radical (unpaired) electrons. The lowest BCUT2D eigenvalue weighted by molar-refractivity contribution is -0.139. The van der Waals surface area contributed by atoms with Crippen LogP contribution in [0.15, 0.2) is 97.7 Å². The summed E-state index contributed by atoms with van der Waals surface area (Å²) in [5.41, 5.74) is 5.00. The van der Waals surface area contributed by atoms with E-state index < -0.39 is 23.2 Å². The Bertz CT molecular complexity index is 2880. The predicted molar refractivity (Wildman–Crippen MR) is 247 cm³/mol. The minimum atomic E-state index is -0.469. The topological polar surface area (TPSA) is 174 Å². The van der Waals surface area contributed by atoms with Gasteiger partial charge >= 0.3 is 0 Å². The highest BCUT2D eigenvalue weighted by Gasteiger charge is 2.57. The van der Waals surface area contributed by atoms with Gasteiger partial charge in [0.1, 0.15) is 34.8 Å². The predicted octanol–water partition coefficient (Wildman–Crippen LogP) is 8.30. The summed E-state index contributed by atoms with van der Waals surface area (Å²) in [5.74, 6) is 3.78. The van der Waals surface area contributed by atoms with Gasteiger partial charge in [0.25, 0.3) is 0 Å². The summed E-state index contributed by atoms with van der Waals surface area (Å²) in [6.45, 7) is 9.70. The first-order valence-electron chi connectivity index (χ1n) is 22.9. The normalized spacial score (nSPS) is 23.5. The number of amides is 2. The molecule has 2 aliphatic heterocycles. The fourth-order valence-corrected chi connectivity index (χ4v) is 11.3. The largest absolute Gasteiger partial charge is 0.346 e. The number of nitrogens with zero attached hydrogens (tertiary/aromatic N) is 8. The van der Waals surface area contributed by atoms with E-state index >= 15 is 0 Å². The molecular weight excluding hydrogens is 801 g/mol. The van der Waals surface area contributed by atoms with Gasteiger partial charge in [-0.15, -0.1) is 0 Å². The van der Waals surface area contributed by atoms with Gasteiger partial charge in [0.05, 0.1) is 16.7 Å². The molecule has 2 aliphatic carbocycles. The maximum absolute atomic E-state index is 14.4. The molecule has 4 aromatic heterocycles. The van der Waals surface area contributed by atoms with Gasteiger partial charge < -0.3 is 30.4 Å². The number of hydrogen-bond donors (Lipinski definition) is 4. The average molecular weight is 855 g/mol. The van der Waals surface area contributed by atoms with E-state index in [2.05, 4.69) is 133 Å². The van der Waals surface area contributed by atoms with Gasteiger partial charge in [-0.2, -0.15) is 0 Å². The van der Waals surface area contributed by atoms with Gasteiger partial charge in [0.15, 0.2) is 0 Å². The first kappa shape index (κ1) is 40.1. The number of rotatable bonds is 12. The number of imidazole rings is 2. The van der Waals surface area contributed by atoms with Crippen molar-refractivity contribution < 1.29 is 9.59 Å². The highest BCUT2D eigenvalue weighted by Crippen LogP contribution is 2.54. The molecular formula is C50H54N12O2. The van der Waals surface area contributed by atoms with E-state index in [0.717, 1.165) is 107 Å². The van der Waals surface area contributed by atoms with Gasteiger partial charge in [-0.3, -0.25) is 9.59 Å². The number of anilines is 2. The lowest BCUT2D eigenvalue weighted by Crippen LogP contribution is -2.53. The van der Waals surface area contributed by atoms with Crippen LogP contribution in [-0.2, 0) is 20.7 Å². The number of benzene rings is 3. The lowest BCUT2D eigenvalue weighted by atomic mass is 9.93. The van der Waals surface area contributed by atoms with Crippen molar-refractivity contribution in [2.24, 2.45) is 23.7 Å². The van der Waals surface area contributed by atoms with Crippen molar-refractivity contribution in [2.75, 3.05) is 23.7 Å². The molecule has 14 nitrogen and oxygen atoms in total. The molecule has 4 N–H and O–H groups in total. The highest BCUT2D eigenvalue weighted by atomic mass is 16.2. The molecule has 2 amide bonds. The number of hydrogen-bond acceptors (Lipinski definition) is 10. The van der Waals surface area contributed by atoms with Crippen molar-refractivity contribution in [1.82, 2.24) is 49.7 Å². The van der Waals surface area contributed by atoms with Crippen molar-refractivity contribution in [1.29, 1.82) is 0 Å². The number of carbonyl (C=O) groups is 2. The van der Waals surface area contributed by atoms with E-state index in [1.54, 1.807) is 36.9 Å². The van der Waals surface area contributed by atoms with Crippen LogP contribution in [0.25, 0.3) is 44.2 Å². The standard InChI is InChI=1S/C50H54N12O2/c1-29(2)41(59-47-51-17-5-18-52-47)43(63)61-27-31-13-15-49(61,24-31)45-55-26-40(58-45)37-10-9-33-21-34(7-8-35(33)22-37)36-11-12-38-39(23-36)57-46(56-38)50-16-14-32(25-50)28-62(50)44(64)42(30(3)4)60-48-53-19-6-20-54-48/h5-12,17-23,26,29-32,41-42H,13-16,24-25,27-28H2,1-4H3,(H,55,58)(H,56,57)(H,51,52,59)(H,53,54,60)/t31?,32?,41-,42+,49?,50?/m0/s1. The van der Waals surface area contributed by atoms with E-state index in [-0.39, 0.29) is 23.7 Å². The van der Waals surface area contributed by atoms with Crippen molar-refractivity contribution in [3.8, 4) is 22.4 Å². The number of aromatic nitrogens is 8. The molecule has 3 aromatic carbocycles. The number of nitrogens with one attached hydrogen (secondary N) is 4. The van der Waals surface area contributed by atoms with Crippen molar-refractivity contribution in [3.05, 3.63) is 109 Å². The molecule has 2 saturated heterocycles. The number of likely N-dealkylation sites (tertiary alicyclic amines) is 2. The van der Waals surface area contributed by atoms with Crippen LogP contribution in [0.1, 0.15) is 77.9 Å². The molecule has 14 heteroatoms. The molecule has 4 bridgehead atoms. The lowest BCUT2D eigenvalue weighted by Gasteiger charge is -2.40. The quantitative estimate of drug-likeness (QED) is 0.0937. The van der Waals surface area contributed by atoms with Crippen LogP contribution in [-0.4, -0.2) is 86.7 Å². The molecule has 6 atom stereocenters. The van der Waals surface area contributed by atoms with Crippen LogP contribution in [0.3, 0.4) is 0 Å². The van der Waals surface area contributed by atoms with E-state index in [1.165, 1.54) is 0 Å². The van der Waals surface area contributed by atoms with Crippen molar-refractivity contribution in [2.45, 2.75) is 89.4 Å². The van der Waals surface area contributed by atoms with Crippen LogP contribution in [0.2, 0.25) is 0 Å². The van der Waals surface area contributed by atoms with Crippen LogP contribution < -0.4 is 10.6 Å². The Kier molecular flexibility index (Phi) is 9.73. The Morgan fingerprint density at radius 1 is 0.656 bits per heavy atom. The molecule has 4 aliphatic rings. The van der Waals surface area contributed by atoms with E-state index in [4.69, 9.17) is 9.97 Å². The third-order valence-corrected chi connectivity index (χ3v) is 14.6. The van der Waals surface area contributed by atoms with Crippen LogP contribution in [0, 0.1) is 23.7 Å². The van der Waals surface area contributed by atoms with Gasteiger partial charge in [-0.1, -0.05) is 58.0 Å². The Morgan fingerprint density at radius 2 is 1.17 bits per heavy atom. The number of aromatic amines is 2. The SMILES string of the molecule is CC(C)[C@H](Nc1ncccn1)C(=O)N1CC2CCC1(c1nc(-c3ccc4cc(-c5ccc6[nH]c(C78CCC(CN7C(=O)[C@H](Nc7ncccn7)C(C)C)C8)nc6c5)ccc4c3)c[nH]1)C2. The van der Waals surface area contributed by atoms with Crippen LogP contribution in [0.5, 0.6) is 0 Å². The Labute approximate surface area is 372 Å². The van der Waals surface area contributed by atoms with E-state index in [9.17, 15) is 9.59 Å². The van der Waals surface area contributed by atoms with Gasteiger partial charge in [0, 0.05) is 49.6 Å². The zero-order valence-electron chi connectivity index (χ0n) is 36.8. The Balaban J connectivity index is 0.829. The minimum Gasteiger partial charge on any atom is -0.346 e. The van der Waals surface area contributed by atoms with Gasteiger partial charge in [-0.05, 0) is 120 Å². The molecule has 6 heterocycles. The first-order chi connectivity index (χ1) is 31.1. The average Bonchev–Trinajstić information content (AvgIpc) is 4.19. The smallest absolute Gasteiger partial charge is 0.246 e. The van der Waals surface area contributed by atoms with Gasteiger partial charge in [-0.25, -0.2) is 29.9 Å². The number of fused-ring (bicyclic) bond motifs is 6. The molecule has 4 unspecified atom stereocenters. The fraction of sp³-hybridized carbons (Fsp3) is 0.400. The summed E-state index contributed by atoms with van der Waals surface area (Å²) in [6.07, 6.45) is 14.5. The minimum absolute atomic E-state index is 0.0435. The third kappa shape index (κ3) is 6.76. The van der Waals surface area contributed by atoms with Crippen molar-refractivity contribution >= 4 is 45.5 Å². The second-order valence-corrected chi connectivity index (χ2v) is 19.3. The number of piperidine rings is 2. The second-order valence-electron chi connectivity index (χ2n) is 19.3. The molecule has 11 rings (SSSR count). The van der Waals surface area contributed by atoms with E-state index in [0.29, 0.717) is 23.7 Å². The highest BCUT2D eigenvalue weighted by molar-refractivity contribution is 5.92. The Hall–Kier alpha value is -6.70. The number of carbonyl (C=O) groups excluding carboxylic acids is 2. The summed E-state index contributed by atoms with van der Waals surface area (Å²) in [4.78, 5) is 67.8. The zero-order valence-corrected chi connectivity index (χ0v) is 36.8. The summed E-state index contributed by atoms with van der Waals surface area (Å²) in [6, 6.07) is 22.1. The summed E-state index contributed by atoms with van der Waals surface area (Å²) in [5, 5.41) is 8.90. The second kappa shape index (κ2) is 15.5. The van der Waals surface area contributed by atoms with E-state index in [1.807, 2.05) is 6.20 Å². The maximum atomic E-state index is 14.4. The Morgan fingerprint density at radius 3 is 1.73 bits per heavy atom. The summed E-state index contributed by atoms with van der Waals surface area (Å²) >= 11 is 0. The fourth-order valence-electron chi connectivity index (χ4n) is 11.3. The molecule has 4 fully saturated rings. The third-order valence-electron chi connectivity index (χ3n) is 14.6. The monoisotopic (exact) mass is 854 g/mol. The van der Waals surface area contributed by atoms with Gasteiger partial charge in [0.2, 0.25) is 23.7 Å². The number of H-pyrrole nitrogens is 2. The van der Waals surface area contributed by atoms with Crippen LogP contribution in [0.4, 0.5) is 11.9 Å². The zero-order chi connectivity index (χ0) is 43.7.